The molecule has 1 aromatic rings. The molecule has 0 aromatic carbocycles. The first kappa shape index (κ1) is 14.7. The molecule has 4 saturated carbocycles. The molecular weight excluding hydrogens is 340 g/mol. The molecule has 22 heavy (non-hydrogen) atoms. The van der Waals surface area contributed by atoms with E-state index in [-0.39, 0.29) is 11.4 Å². The summed E-state index contributed by atoms with van der Waals surface area (Å²) in [6.45, 7) is 2.93. The number of nitrogens with zero attached hydrogens (tertiary/aromatic N) is 2. The maximum atomic E-state index is 13.1. The third-order valence-corrected chi connectivity index (χ3v) is 6.53. The number of rotatable bonds is 3. The minimum atomic E-state index is 0.128. The van der Waals surface area contributed by atoms with E-state index in [1.54, 1.807) is 12.4 Å². The summed E-state index contributed by atoms with van der Waals surface area (Å²) in [5.74, 6) is 2.73. The smallest absolute Gasteiger partial charge is 0.255 e. The van der Waals surface area contributed by atoms with E-state index >= 15 is 0 Å². The van der Waals surface area contributed by atoms with Crippen molar-refractivity contribution in [2.45, 2.75) is 51.0 Å². The van der Waals surface area contributed by atoms with Crippen LogP contribution in [0.4, 0.5) is 0 Å². The van der Waals surface area contributed by atoms with Gasteiger partial charge >= 0.3 is 0 Å². The Hall–Kier alpha value is -0.900. The van der Waals surface area contributed by atoms with E-state index in [0.717, 1.165) is 28.8 Å². The molecule has 0 unspecified atom stereocenters. The first-order valence-electron chi connectivity index (χ1n) is 8.52. The molecule has 0 atom stereocenters. The van der Waals surface area contributed by atoms with Crippen molar-refractivity contribution < 1.29 is 4.79 Å². The van der Waals surface area contributed by atoms with Crippen molar-refractivity contribution in [3.63, 3.8) is 0 Å². The zero-order valence-corrected chi connectivity index (χ0v) is 14.7. The van der Waals surface area contributed by atoms with Crippen molar-refractivity contribution in [2.24, 2.45) is 17.8 Å². The zero-order chi connectivity index (χ0) is 15.3. The van der Waals surface area contributed by atoms with Gasteiger partial charge in [0, 0.05) is 29.0 Å². The van der Waals surface area contributed by atoms with Crippen LogP contribution in [0, 0.1) is 17.8 Å². The summed E-state index contributed by atoms with van der Waals surface area (Å²) in [5, 5.41) is 0. The first-order valence-corrected chi connectivity index (χ1v) is 9.31. The van der Waals surface area contributed by atoms with Gasteiger partial charge in [0.05, 0.1) is 5.56 Å². The molecule has 4 bridgehead atoms. The third kappa shape index (κ3) is 2.31. The molecule has 0 saturated heterocycles. The van der Waals surface area contributed by atoms with E-state index in [4.69, 9.17) is 0 Å². The van der Waals surface area contributed by atoms with Gasteiger partial charge in [0.25, 0.3) is 5.91 Å². The molecule has 0 aliphatic heterocycles. The van der Waals surface area contributed by atoms with Crippen molar-refractivity contribution in [2.75, 3.05) is 6.54 Å². The van der Waals surface area contributed by atoms with Crippen LogP contribution >= 0.6 is 15.9 Å². The van der Waals surface area contributed by atoms with Crippen LogP contribution in [0.1, 0.15) is 55.8 Å². The molecule has 3 nitrogen and oxygen atoms in total. The van der Waals surface area contributed by atoms with Gasteiger partial charge in [-0.1, -0.05) is 0 Å². The maximum Gasteiger partial charge on any atom is 0.255 e. The first-order chi connectivity index (χ1) is 10.6. The van der Waals surface area contributed by atoms with Crippen LogP contribution in [-0.2, 0) is 0 Å². The van der Waals surface area contributed by atoms with Gasteiger partial charge in [0.15, 0.2) is 0 Å². The highest BCUT2D eigenvalue weighted by Crippen LogP contribution is 2.57. The number of hydrogen-bond acceptors (Lipinski definition) is 2. The van der Waals surface area contributed by atoms with E-state index in [1.165, 1.54) is 38.5 Å². The number of amides is 1. The van der Waals surface area contributed by atoms with Crippen LogP contribution in [0.5, 0.6) is 0 Å². The van der Waals surface area contributed by atoms with E-state index in [0.29, 0.717) is 5.56 Å². The predicted octanol–water partition coefficient (Wildman–Crippen LogP) is 4.28. The molecule has 1 aromatic heterocycles. The van der Waals surface area contributed by atoms with Gasteiger partial charge in [-0.2, -0.15) is 0 Å². The van der Waals surface area contributed by atoms with Gasteiger partial charge in [-0.25, -0.2) is 0 Å². The summed E-state index contributed by atoms with van der Waals surface area (Å²) in [7, 11) is 0. The SMILES string of the molecule is CCN(C(=O)c1cncc(Br)c1)C12CC3CC(CC(C3)C1)C2. The van der Waals surface area contributed by atoms with Gasteiger partial charge in [-0.15, -0.1) is 0 Å². The van der Waals surface area contributed by atoms with Crippen LogP contribution < -0.4 is 0 Å². The summed E-state index contributed by atoms with van der Waals surface area (Å²) in [6, 6.07) is 1.90. The average Bonchev–Trinajstić information content (AvgIpc) is 2.46. The lowest BCUT2D eigenvalue weighted by Crippen LogP contribution is -2.61. The fourth-order valence-electron chi connectivity index (χ4n) is 5.77. The molecule has 4 aliphatic rings. The lowest BCUT2D eigenvalue weighted by Gasteiger charge is -2.60. The van der Waals surface area contributed by atoms with Crippen LogP contribution in [0.25, 0.3) is 0 Å². The van der Waals surface area contributed by atoms with Gasteiger partial charge in [-0.05, 0) is 85.2 Å². The third-order valence-electron chi connectivity index (χ3n) is 6.09. The van der Waals surface area contributed by atoms with Gasteiger partial charge in [-0.3, -0.25) is 9.78 Å². The van der Waals surface area contributed by atoms with Crippen molar-refractivity contribution in [1.82, 2.24) is 9.88 Å². The second kappa shape index (κ2) is 5.33. The van der Waals surface area contributed by atoms with Crippen LogP contribution in [0.3, 0.4) is 0 Å². The molecule has 0 spiro atoms. The maximum absolute atomic E-state index is 13.1. The minimum Gasteiger partial charge on any atom is -0.333 e. The van der Waals surface area contributed by atoms with Crippen molar-refractivity contribution in [1.29, 1.82) is 0 Å². The Kier molecular flexibility index (Phi) is 3.55. The molecule has 1 heterocycles. The lowest BCUT2D eigenvalue weighted by molar-refractivity contribution is -0.0731. The number of halogens is 1. The zero-order valence-electron chi connectivity index (χ0n) is 13.1. The largest absolute Gasteiger partial charge is 0.333 e. The van der Waals surface area contributed by atoms with Gasteiger partial charge < -0.3 is 4.90 Å². The Morgan fingerprint density at radius 1 is 1.23 bits per heavy atom. The number of carbonyl (C=O) groups excluding carboxylic acids is 1. The molecule has 1 amide bonds. The second-order valence-corrected chi connectivity index (χ2v) is 8.50. The standard InChI is InChI=1S/C18H23BrN2O/c1-2-21(17(22)15-6-16(19)11-20-10-15)18-7-12-3-13(8-18)5-14(4-12)9-18/h6,10-14H,2-5,7-9H2,1H3. The van der Waals surface area contributed by atoms with Crippen LogP contribution in [-0.4, -0.2) is 27.9 Å². The van der Waals surface area contributed by atoms with Crippen molar-refractivity contribution >= 4 is 21.8 Å². The van der Waals surface area contributed by atoms with Gasteiger partial charge in [0.2, 0.25) is 0 Å². The average molecular weight is 363 g/mol. The molecule has 118 valence electrons. The summed E-state index contributed by atoms with van der Waals surface area (Å²) >= 11 is 3.43. The molecule has 4 aliphatic carbocycles. The Morgan fingerprint density at radius 3 is 2.32 bits per heavy atom. The number of carbonyl (C=O) groups is 1. The summed E-state index contributed by atoms with van der Waals surface area (Å²) in [4.78, 5) is 19.5. The number of pyridine rings is 1. The van der Waals surface area contributed by atoms with E-state index in [2.05, 4.69) is 32.7 Å². The van der Waals surface area contributed by atoms with Crippen molar-refractivity contribution in [3.05, 3.63) is 28.5 Å². The molecule has 0 radical (unpaired) electrons. The Labute approximate surface area is 140 Å². The minimum absolute atomic E-state index is 0.128. The van der Waals surface area contributed by atoms with E-state index in [9.17, 15) is 4.79 Å². The lowest BCUT2D eigenvalue weighted by atomic mass is 9.52. The topological polar surface area (TPSA) is 33.2 Å². The normalized spacial score (nSPS) is 35.6. The number of hydrogen-bond donors (Lipinski definition) is 0. The van der Waals surface area contributed by atoms with Crippen molar-refractivity contribution in [3.8, 4) is 0 Å². The second-order valence-electron chi connectivity index (χ2n) is 7.58. The Morgan fingerprint density at radius 2 is 1.82 bits per heavy atom. The van der Waals surface area contributed by atoms with Crippen LogP contribution in [0.2, 0.25) is 0 Å². The highest BCUT2D eigenvalue weighted by Gasteiger charge is 2.54. The summed E-state index contributed by atoms with van der Waals surface area (Å²) < 4.78 is 0.875. The van der Waals surface area contributed by atoms with E-state index < -0.39 is 0 Å². The molecule has 4 heteroatoms. The van der Waals surface area contributed by atoms with Gasteiger partial charge in [0.1, 0.15) is 0 Å². The highest BCUT2D eigenvalue weighted by molar-refractivity contribution is 9.10. The fourth-order valence-corrected chi connectivity index (χ4v) is 6.14. The molecular formula is C18H23BrN2O. The van der Waals surface area contributed by atoms with Crippen LogP contribution in [0.15, 0.2) is 22.9 Å². The molecule has 4 fully saturated rings. The Bertz CT molecular complexity index is 565. The van der Waals surface area contributed by atoms with E-state index in [1.807, 2.05) is 6.07 Å². The molecule has 0 N–H and O–H groups in total. The quantitative estimate of drug-likeness (QED) is 0.803. The summed E-state index contributed by atoms with van der Waals surface area (Å²) in [6.07, 6.45) is 11.3. The summed E-state index contributed by atoms with van der Waals surface area (Å²) in [5.41, 5.74) is 0.843. The predicted molar refractivity (Wildman–Crippen MR) is 89.6 cm³/mol. The fraction of sp³-hybridized carbons (Fsp3) is 0.667. The Balaban J connectivity index is 1.66. The highest BCUT2D eigenvalue weighted by atomic mass is 79.9. The monoisotopic (exact) mass is 362 g/mol. The number of aromatic nitrogens is 1. The molecule has 5 rings (SSSR count).